The van der Waals surface area contributed by atoms with Gasteiger partial charge in [-0.3, -0.25) is 4.79 Å². The summed E-state index contributed by atoms with van der Waals surface area (Å²) in [5.74, 6) is 0.283. The third-order valence-corrected chi connectivity index (χ3v) is 5.02. The zero-order chi connectivity index (χ0) is 23.2. The van der Waals surface area contributed by atoms with Crippen LogP contribution in [0.25, 0.3) is 0 Å². The maximum absolute atomic E-state index is 12.6. The van der Waals surface area contributed by atoms with E-state index in [0.717, 1.165) is 12.8 Å². The summed E-state index contributed by atoms with van der Waals surface area (Å²) >= 11 is 0. The van der Waals surface area contributed by atoms with E-state index in [-0.39, 0.29) is 36.0 Å². The average Bonchev–Trinajstić information content (AvgIpc) is 2.67. The SMILES string of the molecule is COc1ccc(CN(C)C(=O)CC2CCN(C(=O)OC(C)(C)C)CC2)cc1OC(F)F. The zero-order valence-electron chi connectivity index (χ0n) is 18.8. The van der Waals surface area contributed by atoms with Gasteiger partial charge >= 0.3 is 12.7 Å². The van der Waals surface area contributed by atoms with Crippen molar-refractivity contribution in [3.8, 4) is 11.5 Å². The second-order valence-corrected chi connectivity index (χ2v) is 8.73. The van der Waals surface area contributed by atoms with Crippen LogP contribution in [-0.4, -0.2) is 61.3 Å². The Hall–Kier alpha value is -2.58. The number of likely N-dealkylation sites (tertiary alicyclic amines) is 1. The molecule has 0 spiro atoms. The quantitative estimate of drug-likeness (QED) is 0.630. The second-order valence-electron chi connectivity index (χ2n) is 8.73. The zero-order valence-corrected chi connectivity index (χ0v) is 18.8. The van der Waals surface area contributed by atoms with Gasteiger partial charge in [0.1, 0.15) is 5.60 Å². The molecule has 1 heterocycles. The van der Waals surface area contributed by atoms with Crippen LogP contribution in [0.5, 0.6) is 11.5 Å². The largest absolute Gasteiger partial charge is 0.493 e. The molecule has 0 aliphatic carbocycles. The number of methoxy groups -OCH3 is 1. The van der Waals surface area contributed by atoms with Crippen molar-refractivity contribution in [2.45, 2.75) is 58.8 Å². The number of rotatable bonds is 7. The van der Waals surface area contributed by atoms with Gasteiger partial charge in [0.05, 0.1) is 7.11 Å². The molecule has 0 saturated carbocycles. The van der Waals surface area contributed by atoms with Gasteiger partial charge in [0.2, 0.25) is 5.91 Å². The van der Waals surface area contributed by atoms with Crippen molar-refractivity contribution in [3.05, 3.63) is 23.8 Å². The van der Waals surface area contributed by atoms with Gasteiger partial charge in [-0.1, -0.05) is 6.07 Å². The van der Waals surface area contributed by atoms with Gasteiger partial charge in [0, 0.05) is 33.1 Å². The van der Waals surface area contributed by atoms with E-state index in [0.29, 0.717) is 25.1 Å². The minimum Gasteiger partial charge on any atom is -0.493 e. The molecule has 0 bridgehead atoms. The Kier molecular flexibility index (Phi) is 8.47. The molecule has 0 N–H and O–H groups in total. The van der Waals surface area contributed by atoms with E-state index < -0.39 is 12.2 Å². The molecule has 9 heteroatoms. The summed E-state index contributed by atoms with van der Waals surface area (Å²) < 4.78 is 40.1. The van der Waals surface area contributed by atoms with Gasteiger partial charge in [0.25, 0.3) is 0 Å². The highest BCUT2D eigenvalue weighted by Crippen LogP contribution is 2.30. The van der Waals surface area contributed by atoms with Crippen molar-refractivity contribution in [3.63, 3.8) is 0 Å². The number of nitrogens with zero attached hydrogens (tertiary/aromatic N) is 2. The Morgan fingerprint density at radius 3 is 2.39 bits per heavy atom. The van der Waals surface area contributed by atoms with Crippen molar-refractivity contribution < 1.29 is 32.6 Å². The highest BCUT2D eigenvalue weighted by Gasteiger charge is 2.28. The fraction of sp³-hybridized carbons (Fsp3) is 0.636. The van der Waals surface area contributed by atoms with Crippen LogP contribution >= 0.6 is 0 Å². The first kappa shape index (κ1) is 24.7. The molecule has 7 nitrogen and oxygen atoms in total. The predicted octanol–water partition coefficient (Wildman–Crippen LogP) is 4.29. The van der Waals surface area contributed by atoms with Crippen LogP contribution in [0, 0.1) is 5.92 Å². The van der Waals surface area contributed by atoms with Crippen molar-refractivity contribution in [2.75, 3.05) is 27.2 Å². The molecule has 2 rings (SSSR count). The molecule has 0 radical (unpaired) electrons. The standard InChI is InChI=1S/C22H32F2N2O5/c1-22(2,3)31-21(28)26-10-8-15(9-11-26)13-19(27)25(4)14-16-6-7-17(29-5)18(12-16)30-20(23)24/h6-7,12,15,20H,8-11,13-14H2,1-5H3. The fourth-order valence-corrected chi connectivity index (χ4v) is 3.42. The minimum atomic E-state index is -2.96. The summed E-state index contributed by atoms with van der Waals surface area (Å²) in [6.45, 7) is 3.91. The number of piperidine rings is 1. The van der Waals surface area contributed by atoms with Crippen LogP contribution in [-0.2, 0) is 16.1 Å². The van der Waals surface area contributed by atoms with Crippen LogP contribution in [0.3, 0.4) is 0 Å². The average molecular weight is 443 g/mol. The number of alkyl halides is 2. The molecule has 174 valence electrons. The third-order valence-electron chi connectivity index (χ3n) is 5.02. The first-order valence-electron chi connectivity index (χ1n) is 10.3. The fourth-order valence-electron chi connectivity index (χ4n) is 3.42. The van der Waals surface area contributed by atoms with Crippen LogP contribution in [0.2, 0.25) is 0 Å². The van der Waals surface area contributed by atoms with Gasteiger partial charge in [-0.2, -0.15) is 8.78 Å². The molecule has 0 atom stereocenters. The Balaban J connectivity index is 1.86. The maximum atomic E-state index is 12.6. The number of carbonyl (C=O) groups is 2. The Morgan fingerprint density at radius 2 is 1.84 bits per heavy atom. The van der Waals surface area contributed by atoms with Gasteiger partial charge in [0.15, 0.2) is 11.5 Å². The van der Waals surface area contributed by atoms with Crippen molar-refractivity contribution in [1.29, 1.82) is 0 Å². The van der Waals surface area contributed by atoms with Crippen LogP contribution in [0.4, 0.5) is 13.6 Å². The van der Waals surface area contributed by atoms with E-state index >= 15 is 0 Å². The highest BCUT2D eigenvalue weighted by atomic mass is 19.3. The third kappa shape index (κ3) is 7.88. The Labute approximate surface area is 182 Å². The van der Waals surface area contributed by atoms with Gasteiger partial charge in [-0.05, 0) is 57.2 Å². The number of ether oxygens (including phenoxy) is 3. The molecule has 1 aliphatic rings. The summed E-state index contributed by atoms with van der Waals surface area (Å²) in [6.07, 6.45) is 1.51. The molecule has 1 saturated heterocycles. The smallest absolute Gasteiger partial charge is 0.410 e. The lowest BCUT2D eigenvalue weighted by molar-refractivity contribution is -0.131. The number of benzene rings is 1. The second kappa shape index (κ2) is 10.6. The normalized spacial score (nSPS) is 15.0. The molecule has 1 aliphatic heterocycles. The summed E-state index contributed by atoms with van der Waals surface area (Å²) in [4.78, 5) is 28.0. The molecular formula is C22H32F2N2O5. The molecule has 0 aromatic heterocycles. The van der Waals surface area contributed by atoms with E-state index in [9.17, 15) is 18.4 Å². The monoisotopic (exact) mass is 442 g/mol. The molecule has 2 amide bonds. The van der Waals surface area contributed by atoms with E-state index in [2.05, 4.69) is 4.74 Å². The van der Waals surface area contributed by atoms with Crippen LogP contribution < -0.4 is 9.47 Å². The summed E-state index contributed by atoms with van der Waals surface area (Å²) in [7, 11) is 3.05. The molecule has 1 fully saturated rings. The van der Waals surface area contributed by atoms with Crippen molar-refractivity contribution in [1.82, 2.24) is 9.80 Å². The number of hydrogen-bond donors (Lipinski definition) is 0. The first-order valence-corrected chi connectivity index (χ1v) is 10.3. The van der Waals surface area contributed by atoms with E-state index in [1.807, 2.05) is 20.8 Å². The number of hydrogen-bond acceptors (Lipinski definition) is 5. The van der Waals surface area contributed by atoms with E-state index in [4.69, 9.17) is 9.47 Å². The minimum absolute atomic E-state index is 0.0390. The molecule has 1 aromatic carbocycles. The van der Waals surface area contributed by atoms with Crippen molar-refractivity contribution in [2.24, 2.45) is 5.92 Å². The topological polar surface area (TPSA) is 68.3 Å². The predicted molar refractivity (Wildman–Crippen MR) is 111 cm³/mol. The Bertz CT molecular complexity index is 759. The first-order chi connectivity index (χ1) is 14.5. The maximum Gasteiger partial charge on any atom is 0.410 e. The number of amides is 2. The number of carbonyl (C=O) groups excluding carboxylic acids is 2. The van der Waals surface area contributed by atoms with Gasteiger partial charge < -0.3 is 24.0 Å². The lowest BCUT2D eigenvalue weighted by atomic mass is 9.93. The van der Waals surface area contributed by atoms with Crippen LogP contribution in [0.1, 0.15) is 45.6 Å². The highest BCUT2D eigenvalue weighted by molar-refractivity contribution is 5.76. The van der Waals surface area contributed by atoms with Crippen molar-refractivity contribution >= 4 is 12.0 Å². The molecule has 1 aromatic rings. The lowest BCUT2D eigenvalue weighted by Crippen LogP contribution is -2.42. The summed E-state index contributed by atoms with van der Waals surface area (Å²) in [5, 5.41) is 0. The molecule has 31 heavy (non-hydrogen) atoms. The lowest BCUT2D eigenvalue weighted by Gasteiger charge is -2.33. The van der Waals surface area contributed by atoms with E-state index in [1.54, 1.807) is 22.9 Å². The summed E-state index contributed by atoms with van der Waals surface area (Å²) in [5.41, 5.74) is 0.126. The Morgan fingerprint density at radius 1 is 1.19 bits per heavy atom. The molecular weight excluding hydrogens is 410 g/mol. The van der Waals surface area contributed by atoms with E-state index in [1.165, 1.54) is 19.2 Å². The van der Waals surface area contributed by atoms with Gasteiger partial charge in [-0.15, -0.1) is 0 Å². The number of halogens is 2. The van der Waals surface area contributed by atoms with Gasteiger partial charge in [-0.25, -0.2) is 4.79 Å². The summed E-state index contributed by atoms with van der Waals surface area (Å²) in [6, 6.07) is 4.70. The van der Waals surface area contributed by atoms with Crippen LogP contribution in [0.15, 0.2) is 18.2 Å². The molecule has 0 unspecified atom stereocenters.